The first-order valence-electron chi connectivity index (χ1n) is 10.3. The molecular formula is C22H30N2O. The van der Waals surface area contributed by atoms with Gasteiger partial charge in [0.1, 0.15) is 0 Å². The average Bonchev–Trinajstić information content (AvgIpc) is 2.62. The Balaban J connectivity index is 1.20. The van der Waals surface area contributed by atoms with Crippen LogP contribution in [-0.2, 0) is 4.79 Å². The lowest BCUT2D eigenvalue weighted by atomic mass is 9.48. The van der Waals surface area contributed by atoms with Gasteiger partial charge in [-0.15, -0.1) is 0 Å². The molecule has 4 saturated carbocycles. The van der Waals surface area contributed by atoms with Crippen molar-refractivity contribution in [2.24, 2.45) is 23.2 Å². The molecule has 4 aliphatic carbocycles. The molecule has 0 unspecified atom stereocenters. The Hall–Kier alpha value is -1.35. The summed E-state index contributed by atoms with van der Waals surface area (Å²) in [6.45, 7) is 4.82. The van der Waals surface area contributed by atoms with Gasteiger partial charge < -0.3 is 4.90 Å². The molecule has 134 valence electrons. The average molecular weight is 338 g/mol. The van der Waals surface area contributed by atoms with Gasteiger partial charge in [0.2, 0.25) is 0 Å². The highest BCUT2D eigenvalue weighted by atomic mass is 16.1. The van der Waals surface area contributed by atoms with Crippen LogP contribution < -0.4 is 4.90 Å². The Morgan fingerprint density at radius 2 is 1.44 bits per heavy atom. The van der Waals surface area contributed by atoms with E-state index in [1.54, 1.807) is 0 Å². The number of anilines is 1. The van der Waals surface area contributed by atoms with Gasteiger partial charge >= 0.3 is 0 Å². The highest BCUT2D eigenvalue weighted by molar-refractivity contribution is 5.87. The first-order chi connectivity index (χ1) is 12.2. The van der Waals surface area contributed by atoms with E-state index in [-0.39, 0.29) is 5.41 Å². The van der Waals surface area contributed by atoms with Crippen LogP contribution in [0.1, 0.15) is 38.5 Å². The number of ketones is 1. The highest BCUT2D eigenvalue weighted by Gasteiger charge is 2.54. The molecule has 25 heavy (non-hydrogen) atoms. The molecule has 5 fully saturated rings. The number of rotatable bonds is 4. The molecule has 0 atom stereocenters. The van der Waals surface area contributed by atoms with Gasteiger partial charge in [-0.3, -0.25) is 9.69 Å². The van der Waals surface area contributed by atoms with Gasteiger partial charge in [0.05, 0.1) is 6.54 Å². The van der Waals surface area contributed by atoms with Crippen LogP contribution >= 0.6 is 0 Å². The highest BCUT2D eigenvalue weighted by Crippen LogP contribution is 2.60. The summed E-state index contributed by atoms with van der Waals surface area (Å²) >= 11 is 0. The Morgan fingerprint density at radius 3 is 2.00 bits per heavy atom. The number of piperazine rings is 1. The van der Waals surface area contributed by atoms with Crippen molar-refractivity contribution >= 4 is 11.5 Å². The van der Waals surface area contributed by atoms with E-state index < -0.39 is 0 Å². The van der Waals surface area contributed by atoms with Crippen LogP contribution in [0.3, 0.4) is 0 Å². The van der Waals surface area contributed by atoms with Gasteiger partial charge in [-0.05, 0) is 68.4 Å². The molecule has 1 heterocycles. The maximum Gasteiger partial charge on any atom is 0.152 e. The van der Waals surface area contributed by atoms with Crippen LogP contribution in [-0.4, -0.2) is 43.4 Å². The fraction of sp³-hybridized carbons (Fsp3) is 0.682. The number of hydrogen-bond donors (Lipinski definition) is 0. The molecule has 0 radical (unpaired) electrons. The fourth-order valence-electron chi connectivity index (χ4n) is 6.63. The molecule has 0 amide bonds. The minimum atomic E-state index is 0.0747. The van der Waals surface area contributed by atoms with Crippen molar-refractivity contribution in [3.63, 3.8) is 0 Å². The number of carbonyl (C=O) groups excluding carboxylic acids is 1. The monoisotopic (exact) mass is 338 g/mol. The van der Waals surface area contributed by atoms with E-state index >= 15 is 0 Å². The third-order valence-corrected chi connectivity index (χ3v) is 7.49. The summed E-state index contributed by atoms with van der Waals surface area (Å²) in [5, 5.41) is 0. The van der Waals surface area contributed by atoms with E-state index in [2.05, 4.69) is 40.1 Å². The van der Waals surface area contributed by atoms with Crippen LogP contribution in [0, 0.1) is 23.2 Å². The maximum absolute atomic E-state index is 13.3. The quantitative estimate of drug-likeness (QED) is 0.838. The molecule has 0 aromatic heterocycles. The molecule has 1 saturated heterocycles. The van der Waals surface area contributed by atoms with Gasteiger partial charge in [0.15, 0.2) is 5.78 Å². The zero-order valence-electron chi connectivity index (χ0n) is 15.2. The van der Waals surface area contributed by atoms with E-state index in [9.17, 15) is 4.79 Å². The summed E-state index contributed by atoms with van der Waals surface area (Å²) in [6, 6.07) is 10.7. The Bertz CT molecular complexity index is 597. The maximum atomic E-state index is 13.3. The third kappa shape index (κ3) is 2.91. The number of carbonyl (C=O) groups is 1. The first kappa shape index (κ1) is 15.9. The topological polar surface area (TPSA) is 23.6 Å². The second-order valence-electron chi connectivity index (χ2n) is 9.22. The Kier molecular flexibility index (Phi) is 3.89. The van der Waals surface area contributed by atoms with Crippen LogP contribution in [0.25, 0.3) is 0 Å². The number of nitrogens with zero attached hydrogens (tertiary/aromatic N) is 2. The SMILES string of the molecule is O=C(CN1CCN(c2ccccc2)CC1)C12CC3CC(CC(C3)C1)C2. The van der Waals surface area contributed by atoms with Crippen molar-refractivity contribution in [2.75, 3.05) is 37.6 Å². The summed E-state index contributed by atoms with van der Waals surface area (Å²) in [5.74, 6) is 3.18. The molecule has 3 heteroatoms. The summed E-state index contributed by atoms with van der Waals surface area (Å²) in [7, 11) is 0. The molecule has 5 aliphatic rings. The van der Waals surface area contributed by atoms with E-state index in [0.717, 1.165) is 43.9 Å². The van der Waals surface area contributed by atoms with Gasteiger partial charge in [0, 0.05) is 37.3 Å². The minimum absolute atomic E-state index is 0.0747. The number of Topliss-reactive ketones (excluding diaryl/α,β-unsaturated/α-hetero) is 1. The largest absolute Gasteiger partial charge is 0.369 e. The second-order valence-corrected chi connectivity index (χ2v) is 9.22. The van der Waals surface area contributed by atoms with Crippen LogP contribution in [0.2, 0.25) is 0 Å². The van der Waals surface area contributed by atoms with Crippen molar-refractivity contribution in [3.05, 3.63) is 30.3 Å². The van der Waals surface area contributed by atoms with E-state index in [4.69, 9.17) is 0 Å². The van der Waals surface area contributed by atoms with Gasteiger partial charge in [0.25, 0.3) is 0 Å². The van der Waals surface area contributed by atoms with E-state index in [1.807, 2.05) is 0 Å². The standard InChI is InChI=1S/C22H30N2O/c25-21(22-13-17-10-18(14-22)12-19(11-17)15-22)16-23-6-8-24(9-7-23)20-4-2-1-3-5-20/h1-5,17-19H,6-16H2. The fourth-order valence-corrected chi connectivity index (χ4v) is 6.63. The van der Waals surface area contributed by atoms with Crippen molar-refractivity contribution in [1.29, 1.82) is 0 Å². The molecule has 3 nitrogen and oxygen atoms in total. The molecule has 1 aliphatic heterocycles. The molecule has 0 spiro atoms. The summed E-state index contributed by atoms with van der Waals surface area (Å²) < 4.78 is 0. The van der Waals surface area contributed by atoms with Crippen LogP contribution in [0.15, 0.2) is 30.3 Å². The normalized spacial score (nSPS) is 37.4. The Morgan fingerprint density at radius 1 is 0.880 bits per heavy atom. The minimum Gasteiger partial charge on any atom is -0.369 e. The van der Waals surface area contributed by atoms with Gasteiger partial charge in [-0.2, -0.15) is 0 Å². The first-order valence-corrected chi connectivity index (χ1v) is 10.3. The summed E-state index contributed by atoms with van der Waals surface area (Å²) in [4.78, 5) is 18.1. The smallest absolute Gasteiger partial charge is 0.152 e. The zero-order valence-corrected chi connectivity index (χ0v) is 15.2. The van der Waals surface area contributed by atoms with E-state index in [0.29, 0.717) is 12.3 Å². The van der Waals surface area contributed by atoms with Crippen molar-refractivity contribution in [3.8, 4) is 0 Å². The third-order valence-electron chi connectivity index (χ3n) is 7.49. The van der Waals surface area contributed by atoms with Crippen molar-refractivity contribution < 1.29 is 4.79 Å². The lowest BCUT2D eigenvalue weighted by molar-refractivity contribution is -0.145. The van der Waals surface area contributed by atoms with Gasteiger partial charge in [-0.1, -0.05) is 18.2 Å². The lowest BCUT2D eigenvalue weighted by Crippen LogP contribution is -2.54. The molecule has 0 N–H and O–H groups in total. The predicted molar refractivity (Wildman–Crippen MR) is 101 cm³/mol. The van der Waals surface area contributed by atoms with Gasteiger partial charge in [-0.25, -0.2) is 0 Å². The molecule has 6 rings (SSSR count). The zero-order chi connectivity index (χ0) is 16.9. The van der Waals surface area contributed by atoms with E-state index in [1.165, 1.54) is 44.2 Å². The van der Waals surface area contributed by atoms with Crippen molar-refractivity contribution in [2.45, 2.75) is 38.5 Å². The van der Waals surface area contributed by atoms with Crippen LogP contribution in [0.4, 0.5) is 5.69 Å². The molecule has 4 bridgehead atoms. The van der Waals surface area contributed by atoms with Crippen molar-refractivity contribution in [1.82, 2.24) is 4.90 Å². The number of hydrogen-bond acceptors (Lipinski definition) is 3. The lowest BCUT2D eigenvalue weighted by Gasteiger charge is -2.56. The number of para-hydroxylation sites is 1. The van der Waals surface area contributed by atoms with Crippen LogP contribution in [0.5, 0.6) is 0 Å². The summed E-state index contributed by atoms with van der Waals surface area (Å²) in [6.07, 6.45) is 7.89. The molecular weight excluding hydrogens is 308 g/mol. The summed E-state index contributed by atoms with van der Waals surface area (Å²) in [5.41, 5.74) is 1.39. The Labute approximate surface area is 151 Å². The number of benzene rings is 1. The predicted octanol–water partition coefficient (Wildman–Crippen LogP) is 3.59. The second kappa shape index (κ2) is 6.12. The molecule has 1 aromatic carbocycles. The molecule has 1 aromatic rings.